The summed E-state index contributed by atoms with van der Waals surface area (Å²) < 4.78 is 0. The van der Waals surface area contributed by atoms with Gasteiger partial charge in [-0.1, -0.05) is 75.0 Å². The number of aromatic nitrogens is 4. The number of carbonyl (C=O) groups excluding carboxylic acids is 1. The van der Waals surface area contributed by atoms with E-state index in [-0.39, 0.29) is 17.0 Å². The molecule has 0 bridgehead atoms. The number of thioether (sulfide) groups is 1. The Morgan fingerprint density at radius 3 is 2.52 bits per heavy atom. The number of fused-ring (bicyclic) bond motifs is 3. The third kappa shape index (κ3) is 3.57. The van der Waals surface area contributed by atoms with Gasteiger partial charge in [0.1, 0.15) is 5.52 Å². The van der Waals surface area contributed by atoms with Gasteiger partial charge < -0.3 is 4.98 Å². The van der Waals surface area contributed by atoms with Gasteiger partial charge in [-0.15, -0.1) is 10.2 Å². The molecule has 0 fully saturated rings. The zero-order valence-electron chi connectivity index (χ0n) is 15.5. The number of nitrogens with one attached hydrogen (secondary N) is 1. The lowest BCUT2D eigenvalue weighted by Crippen LogP contribution is -2.11. The summed E-state index contributed by atoms with van der Waals surface area (Å²) in [5.41, 5.74) is 4.41. The Morgan fingerprint density at radius 2 is 1.78 bits per heavy atom. The van der Waals surface area contributed by atoms with Gasteiger partial charge in [-0.25, -0.2) is 4.98 Å². The summed E-state index contributed by atoms with van der Waals surface area (Å²) in [6.07, 6.45) is 0. The summed E-state index contributed by atoms with van der Waals surface area (Å²) >= 11 is 1.30. The van der Waals surface area contributed by atoms with Crippen LogP contribution < -0.4 is 0 Å². The summed E-state index contributed by atoms with van der Waals surface area (Å²) in [6.45, 7) is 6.47. The molecule has 0 saturated carbocycles. The van der Waals surface area contributed by atoms with Crippen LogP contribution in [0.25, 0.3) is 22.1 Å². The second kappa shape index (κ2) is 6.78. The number of carbonyl (C=O) groups is 1. The molecule has 0 saturated heterocycles. The zero-order valence-corrected chi connectivity index (χ0v) is 16.3. The minimum absolute atomic E-state index is 0.0563. The highest BCUT2D eigenvalue weighted by Gasteiger charge is 2.15. The van der Waals surface area contributed by atoms with Gasteiger partial charge in [-0.3, -0.25) is 4.79 Å². The lowest BCUT2D eigenvalue weighted by Gasteiger charge is -2.18. The molecular weight excluding hydrogens is 356 g/mol. The molecule has 0 aliphatic heterocycles. The predicted octanol–water partition coefficient (Wildman–Crippen LogP) is 4.78. The van der Waals surface area contributed by atoms with Crippen LogP contribution in [-0.2, 0) is 5.41 Å². The Kier molecular flexibility index (Phi) is 4.44. The molecule has 27 heavy (non-hydrogen) atoms. The fourth-order valence-corrected chi connectivity index (χ4v) is 3.62. The van der Waals surface area contributed by atoms with Crippen molar-refractivity contribution >= 4 is 39.6 Å². The van der Waals surface area contributed by atoms with Crippen molar-refractivity contribution in [3.8, 4) is 0 Å². The van der Waals surface area contributed by atoms with Gasteiger partial charge in [0.05, 0.1) is 5.75 Å². The first kappa shape index (κ1) is 17.7. The van der Waals surface area contributed by atoms with Gasteiger partial charge >= 0.3 is 0 Å². The Morgan fingerprint density at radius 1 is 1.04 bits per heavy atom. The fourth-order valence-electron chi connectivity index (χ4n) is 2.94. The molecule has 4 aromatic rings. The molecule has 1 N–H and O–H groups in total. The van der Waals surface area contributed by atoms with Crippen LogP contribution >= 0.6 is 11.8 Å². The van der Waals surface area contributed by atoms with E-state index in [1.807, 2.05) is 48.5 Å². The quantitative estimate of drug-likeness (QED) is 0.410. The molecule has 136 valence electrons. The monoisotopic (exact) mass is 376 g/mol. The molecule has 0 aliphatic carbocycles. The fraction of sp³-hybridized carbons (Fsp3) is 0.238. The summed E-state index contributed by atoms with van der Waals surface area (Å²) in [5.74, 6) is 0.336. The Balaban J connectivity index is 1.49. The van der Waals surface area contributed by atoms with Gasteiger partial charge in [-0.2, -0.15) is 0 Å². The number of para-hydroxylation sites is 1. The van der Waals surface area contributed by atoms with Crippen molar-refractivity contribution in [3.05, 3.63) is 59.7 Å². The van der Waals surface area contributed by atoms with Crippen LogP contribution in [0, 0.1) is 0 Å². The lowest BCUT2D eigenvalue weighted by molar-refractivity contribution is 0.102. The van der Waals surface area contributed by atoms with Crippen LogP contribution in [0.15, 0.2) is 53.7 Å². The molecule has 0 amide bonds. The topological polar surface area (TPSA) is 71.5 Å². The second-order valence-electron chi connectivity index (χ2n) is 7.50. The number of hydrogen-bond donors (Lipinski definition) is 1. The highest BCUT2D eigenvalue weighted by molar-refractivity contribution is 7.99. The van der Waals surface area contributed by atoms with Crippen molar-refractivity contribution in [1.82, 2.24) is 20.2 Å². The van der Waals surface area contributed by atoms with Crippen molar-refractivity contribution in [2.45, 2.75) is 31.3 Å². The van der Waals surface area contributed by atoms with E-state index in [1.165, 1.54) is 17.3 Å². The molecular formula is C21H20N4OS. The normalized spacial score (nSPS) is 12.0. The average molecular weight is 376 g/mol. The number of ketones is 1. The van der Waals surface area contributed by atoms with E-state index in [2.05, 4.69) is 40.9 Å². The SMILES string of the molecule is CC(C)(C)c1ccc(C(=O)CSc2nnc3c(n2)[nH]c2ccccc23)cc1. The van der Waals surface area contributed by atoms with Crippen LogP contribution in [0.4, 0.5) is 0 Å². The average Bonchev–Trinajstić information content (AvgIpc) is 3.03. The van der Waals surface area contributed by atoms with E-state index in [9.17, 15) is 4.79 Å². The highest BCUT2D eigenvalue weighted by atomic mass is 32.2. The number of Topliss-reactive ketones (excluding diaryl/α,β-unsaturated/α-hetero) is 1. The van der Waals surface area contributed by atoms with Gasteiger partial charge in [0.25, 0.3) is 0 Å². The lowest BCUT2D eigenvalue weighted by atomic mass is 9.86. The maximum atomic E-state index is 12.5. The third-order valence-corrected chi connectivity index (χ3v) is 5.35. The van der Waals surface area contributed by atoms with Gasteiger partial charge in [-0.05, 0) is 17.0 Å². The minimum atomic E-state index is 0.0563. The summed E-state index contributed by atoms with van der Waals surface area (Å²) in [4.78, 5) is 20.2. The van der Waals surface area contributed by atoms with Crippen molar-refractivity contribution in [3.63, 3.8) is 0 Å². The van der Waals surface area contributed by atoms with Crippen LogP contribution in [0.2, 0.25) is 0 Å². The molecule has 0 unspecified atom stereocenters. The summed E-state index contributed by atoms with van der Waals surface area (Å²) in [7, 11) is 0. The smallest absolute Gasteiger partial charge is 0.211 e. The first-order valence-electron chi connectivity index (χ1n) is 8.79. The Hall–Kier alpha value is -2.73. The van der Waals surface area contributed by atoms with Crippen molar-refractivity contribution in [2.24, 2.45) is 0 Å². The molecule has 0 atom stereocenters. The third-order valence-electron chi connectivity index (χ3n) is 4.51. The standard InChI is InChI=1S/C21H20N4OS/c1-21(2,3)14-10-8-13(9-11-14)17(26)12-27-20-23-19-18(24-25-20)15-6-4-5-7-16(15)22-19/h4-11H,12H2,1-3H3,(H,22,23,25). The number of rotatable bonds is 4. The maximum Gasteiger partial charge on any atom is 0.211 e. The molecule has 0 radical (unpaired) electrons. The van der Waals surface area contributed by atoms with Crippen molar-refractivity contribution in [1.29, 1.82) is 0 Å². The van der Waals surface area contributed by atoms with E-state index in [0.29, 0.717) is 16.4 Å². The van der Waals surface area contributed by atoms with Crippen molar-refractivity contribution < 1.29 is 4.79 Å². The highest BCUT2D eigenvalue weighted by Crippen LogP contribution is 2.25. The maximum absolute atomic E-state index is 12.5. The van der Waals surface area contributed by atoms with Crippen LogP contribution in [0.1, 0.15) is 36.7 Å². The van der Waals surface area contributed by atoms with E-state index < -0.39 is 0 Å². The molecule has 5 nitrogen and oxygen atoms in total. The van der Waals surface area contributed by atoms with E-state index in [4.69, 9.17) is 0 Å². The minimum Gasteiger partial charge on any atom is -0.338 e. The Bertz CT molecular complexity index is 1130. The number of nitrogens with zero attached hydrogens (tertiary/aromatic N) is 3. The van der Waals surface area contributed by atoms with E-state index >= 15 is 0 Å². The Labute approximate surface area is 161 Å². The van der Waals surface area contributed by atoms with E-state index in [0.717, 1.165) is 16.4 Å². The van der Waals surface area contributed by atoms with Gasteiger partial charge in [0.15, 0.2) is 11.4 Å². The van der Waals surface area contributed by atoms with Gasteiger partial charge in [0, 0.05) is 16.5 Å². The first-order chi connectivity index (χ1) is 12.9. The molecule has 2 heterocycles. The number of aromatic amines is 1. The van der Waals surface area contributed by atoms with Crippen LogP contribution in [-0.4, -0.2) is 31.7 Å². The number of benzene rings is 2. The van der Waals surface area contributed by atoms with Crippen LogP contribution in [0.3, 0.4) is 0 Å². The van der Waals surface area contributed by atoms with Crippen molar-refractivity contribution in [2.75, 3.05) is 5.75 Å². The largest absolute Gasteiger partial charge is 0.338 e. The second-order valence-corrected chi connectivity index (χ2v) is 8.44. The summed E-state index contributed by atoms with van der Waals surface area (Å²) in [5, 5.41) is 9.95. The molecule has 2 aromatic carbocycles. The molecule has 6 heteroatoms. The molecule has 0 spiro atoms. The number of hydrogen-bond acceptors (Lipinski definition) is 5. The zero-order chi connectivity index (χ0) is 19.0. The van der Waals surface area contributed by atoms with Gasteiger partial charge in [0.2, 0.25) is 5.16 Å². The van der Waals surface area contributed by atoms with Crippen LogP contribution in [0.5, 0.6) is 0 Å². The first-order valence-corrected chi connectivity index (χ1v) is 9.78. The molecule has 2 aromatic heterocycles. The summed E-state index contributed by atoms with van der Waals surface area (Å²) in [6, 6.07) is 15.7. The predicted molar refractivity (Wildman–Crippen MR) is 109 cm³/mol. The van der Waals surface area contributed by atoms with E-state index in [1.54, 1.807) is 0 Å². The molecule has 0 aliphatic rings. The molecule has 4 rings (SSSR count). The number of H-pyrrole nitrogens is 1.